The molecule has 2 heterocycles. The number of likely N-dealkylation sites (tertiary alicyclic amines) is 1. The summed E-state index contributed by atoms with van der Waals surface area (Å²) in [6.07, 6.45) is 4.02. The summed E-state index contributed by atoms with van der Waals surface area (Å²) >= 11 is 0. The summed E-state index contributed by atoms with van der Waals surface area (Å²) in [6.45, 7) is 5.91. The second-order valence-electron chi connectivity index (χ2n) is 6.19. The lowest BCUT2D eigenvalue weighted by atomic mass is 10.1. The Balaban J connectivity index is 0.00000243. The van der Waals surface area contributed by atoms with E-state index in [9.17, 15) is 0 Å². The fourth-order valence-electron chi connectivity index (χ4n) is 3.04. The molecule has 0 radical (unpaired) electrons. The van der Waals surface area contributed by atoms with Crippen molar-refractivity contribution in [2.75, 3.05) is 53.2 Å². The van der Waals surface area contributed by atoms with Crippen LogP contribution in [0.25, 0.3) is 0 Å². The van der Waals surface area contributed by atoms with E-state index >= 15 is 0 Å². The van der Waals surface area contributed by atoms with Gasteiger partial charge < -0.3 is 29.7 Å². The number of rotatable bonds is 7. The van der Waals surface area contributed by atoms with Crippen LogP contribution in [0.5, 0.6) is 17.2 Å². The first-order valence-electron chi connectivity index (χ1n) is 9.04. The molecule has 0 spiro atoms. The summed E-state index contributed by atoms with van der Waals surface area (Å²) < 4.78 is 16.4. The van der Waals surface area contributed by atoms with E-state index in [1.54, 1.807) is 7.05 Å². The molecular weight excluding hydrogens is 447 g/mol. The fraction of sp³-hybridized carbons (Fsp3) is 0.611. The molecule has 0 unspecified atom stereocenters. The zero-order valence-corrected chi connectivity index (χ0v) is 17.7. The third-order valence-electron chi connectivity index (χ3n) is 4.40. The molecule has 2 aliphatic rings. The van der Waals surface area contributed by atoms with Gasteiger partial charge in [-0.3, -0.25) is 4.99 Å². The Hall–Kier alpha value is -1.42. The van der Waals surface area contributed by atoms with Gasteiger partial charge >= 0.3 is 0 Å². The maximum absolute atomic E-state index is 5.74. The Kier molecular flexibility index (Phi) is 9.10. The minimum absolute atomic E-state index is 0. The van der Waals surface area contributed by atoms with E-state index in [1.165, 1.54) is 32.4 Å². The molecule has 0 amide bonds. The van der Waals surface area contributed by atoms with E-state index in [2.05, 4.69) is 20.5 Å². The van der Waals surface area contributed by atoms with Crippen LogP contribution in [0.3, 0.4) is 0 Å². The topological polar surface area (TPSA) is 67.4 Å². The second kappa shape index (κ2) is 11.3. The Morgan fingerprint density at radius 2 is 1.88 bits per heavy atom. The van der Waals surface area contributed by atoms with Gasteiger partial charge in [-0.1, -0.05) is 6.42 Å². The highest BCUT2D eigenvalue weighted by Gasteiger charge is 2.13. The van der Waals surface area contributed by atoms with E-state index in [1.807, 2.05) is 18.2 Å². The predicted molar refractivity (Wildman–Crippen MR) is 113 cm³/mol. The third-order valence-corrected chi connectivity index (χ3v) is 4.40. The molecule has 146 valence electrons. The van der Waals surface area contributed by atoms with E-state index in [0.29, 0.717) is 13.2 Å². The van der Waals surface area contributed by atoms with E-state index in [-0.39, 0.29) is 30.8 Å². The highest BCUT2D eigenvalue weighted by molar-refractivity contribution is 14.0. The molecule has 1 aromatic carbocycles. The minimum atomic E-state index is 0. The first-order valence-corrected chi connectivity index (χ1v) is 9.04. The van der Waals surface area contributed by atoms with Crippen LogP contribution in [0.2, 0.25) is 0 Å². The van der Waals surface area contributed by atoms with E-state index < -0.39 is 0 Å². The maximum Gasteiger partial charge on any atom is 0.231 e. The molecule has 7 nitrogen and oxygen atoms in total. The molecule has 0 atom stereocenters. The van der Waals surface area contributed by atoms with Crippen LogP contribution >= 0.6 is 24.0 Å². The van der Waals surface area contributed by atoms with Gasteiger partial charge in [0.15, 0.2) is 17.5 Å². The normalized spacial score (nSPS) is 16.7. The minimum Gasteiger partial charge on any atom is -0.492 e. The number of piperidine rings is 1. The third kappa shape index (κ3) is 6.39. The number of ether oxygens (including phenoxy) is 3. The first-order chi connectivity index (χ1) is 12.3. The fourth-order valence-corrected chi connectivity index (χ4v) is 3.04. The van der Waals surface area contributed by atoms with Crippen molar-refractivity contribution in [3.05, 3.63) is 18.2 Å². The van der Waals surface area contributed by atoms with Crippen LogP contribution in [0.15, 0.2) is 23.2 Å². The van der Waals surface area contributed by atoms with E-state index in [4.69, 9.17) is 14.2 Å². The number of nitrogens with zero attached hydrogens (tertiary/aromatic N) is 2. The standard InChI is InChI=1S/C18H28N4O3.HI/c1-19-18(20-7-11-22-9-3-2-4-10-22)21-8-12-23-15-5-6-16-17(13-15)25-14-24-16;/h5-6,13H,2-4,7-12,14H2,1H3,(H2,19,20,21);1H. The lowest BCUT2D eigenvalue weighted by Gasteiger charge is -2.26. The zero-order valence-electron chi connectivity index (χ0n) is 15.3. The molecular formula is C18H29IN4O3. The summed E-state index contributed by atoms with van der Waals surface area (Å²) in [7, 11) is 1.79. The summed E-state index contributed by atoms with van der Waals surface area (Å²) in [6, 6.07) is 5.61. The monoisotopic (exact) mass is 476 g/mol. The van der Waals surface area contributed by atoms with Crippen molar-refractivity contribution in [1.29, 1.82) is 0 Å². The van der Waals surface area contributed by atoms with Crippen molar-refractivity contribution in [3.8, 4) is 17.2 Å². The quantitative estimate of drug-likeness (QED) is 0.272. The predicted octanol–water partition coefficient (Wildman–Crippen LogP) is 2.06. The largest absolute Gasteiger partial charge is 0.492 e. The van der Waals surface area contributed by atoms with Crippen molar-refractivity contribution in [1.82, 2.24) is 15.5 Å². The van der Waals surface area contributed by atoms with Gasteiger partial charge in [0, 0.05) is 26.2 Å². The van der Waals surface area contributed by atoms with Crippen molar-refractivity contribution in [2.45, 2.75) is 19.3 Å². The Labute approximate surface area is 172 Å². The summed E-state index contributed by atoms with van der Waals surface area (Å²) in [5.74, 6) is 3.09. The number of hydrogen-bond donors (Lipinski definition) is 2. The van der Waals surface area contributed by atoms with Crippen molar-refractivity contribution >= 4 is 29.9 Å². The molecule has 2 N–H and O–H groups in total. The summed E-state index contributed by atoms with van der Waals surface area (Å²) in [5, 5.41) is 6.62. The van der Waals surface area contributed by atoms with Gasteiger partial charge in [-0.05, 0) is 38.1 Å². The van der Waals surface area contributed by atoms with Crippen molar-refractivity contribution in [2.24, 2.45) is 4.99 Å². The average Bonchev–Trinajstić information content (AvgIpc) is 3.12. The average molecular weight is 476 g/mol. The van der Waals surface area contributed by atoms with Gasteiger partial charge in [-0.15, -0.1) is 24.0 Å². The molecule has 0 saturated carbocycles. The number of benzene rings is 1. The maximum atomic E-state index is 5.74. The van der Waals surface area contributed by atoms with Crippen LogP contribution in [-0.2, 0) is 0 Å². The Morgan fingerprint density at radius 3 is 2.69 bits per heavy atom. The molecule has 3 rings (SSSR count). The van der Waals surface area contributed by atoms with Crippen LogP contribution in [-0.4, -0.2) is 64.0 Å². The van der Waals surface area contributed by atoms with Crippen molar-refractivity contribution in [3.63, 3.8) is 0 Å². The molecule has 0 aromatic heterocycles. The first kappa shape index (κ1) is 20.9. The van der Waals surface area contributed by atoms with Crippen LogP contribution in [0.4, 0.5) is 0 Å². The number of fused-ring (bicyclic) bond motifs is 1. The molecule has 1 fully saturated rings. The van der Waals surface area contributed by atoms with Gasteiger partial charge in [-0.2, -0.15) is 0 Å². The highest BCUT2D eigenvalue weighted by Crippen LogP contribution is 2.34. The highest BCUT2D eigenvalue weighted by atomic mass is 127. The zero-order chi connectivity index (χ0) is 17.3. The lowest BCUT2D eigenvalue weighted by molar-refractivity contribution is 0.173. The van der Waals surface area contributed by atoms with Crippen LogP contribution < -0.4 is 24.8 Å². The van der Waals surface area contributed by atoms with Gasteiger partial charge in [-0.25, -0.2) is 0 Å². The number of hydrogen-bond acceptors (Lipinski definition) is 5. The number of nitrogens with one attached hydrogen (secondary N) is 2. The smallest absolute Gasteiger partial charge is 0.231 e. The Morgan fingerprint density at radius 1 is 1.12 bits per heavy atom. The number of guanidine groups is 1. The molecule has 26 heavy (non-hydrogen) atoms. The van der Waals surface area contributed by atoms with Crippen LogP contribution in [0, 0.1) is 0 Å². The molecule has 2 aliphatic heterocycles. The van der Waals surface area contributed by atoms with E-state index in [0.717, 1.165) is 36.3 Å². The summed E-state index contributed by atoms with van der Waals surface area (Å²) in [4.78, 5) is 6.75. The van der Waals surface area contributed by atoms with Crippen LogP contribution in [0.1, 0.15) is 19.3 Å². The summed E-state index contributed by atoms with van der Waals surface area (Å²) in [5.41, 5.74) is 0. The second-order valence-corrected chi connectivity index (χ2v) is 6.19. The molecule has 0 bridgehead atoms. The molecule has 1 saturated heterocycles. The lowest BCUT2D eigenvalue weighted by Crippen LogP contribution is -2.43. The Bertz CT molecular complexity index is 580. The SMILES string of the molecule is CN=C(NCCOc1ccc2c(c1)OCO2)NCCN1CCCCC1.I. The number of aliphatic imine (C=N–C) groups is 1. The molecule has 1 aromatic rings. The molecule has 8 heteroatoms. The number of halogens is 1. The van der Waals surface area contributed by atoms with Gasteiger partial charge in [0.2, 0.25) is 6.79 Å². The van der Waals surface area contributed by atoms with Crippen molar-refractivity contribution < 1.29 is 14.2 Å². The van der Waals surface area contributed by atoms with Gasteiger partial charge in [0.25, 0.3) is 0 Å². The van der Waals surface area contributed by atoms with Gasteiger partial charge in [0.1, 0.15) is 12.4 Å². The van der Waals surface area contributed by atoms with Gasteiger partial charge in [0.05, 0.1) is 6.54 Å². The molecule has 0 aliphatic carbocycles.